The first-order valence-corrected chi connectivity index (χ1v) is 14.3. The second-order valence-electron chi connectivity index (χ2n) is 10.9. The number of benzene rings is 2. The Morgan fingerprint density at radius 2 is 1.81 bits per heavy atom. The van der Waals surface area contributed by atoms with Crippen molar-refractivity contribution in [2.45, 2.75) is 25.4 Å². The molecule has 2 aromatic carbocycles. The van der Waals surface area contributed by atoms with Gasteiger partial charge < -0.3 is 24.7 Å². The number of nitrogens with two attached hydrogens (primary N) is 1. The minimum absolute atomic E-state index is 0.0825. The van der Waals surface area contributed by atoms with Crippen LogP contribution in [-0.2, 0) is 11.3 Å². The van der Waals surface area contributed by atoms with E-state index in [0.717, 1.165) is 73.7 Å². The van der Waals surface area contributed by atoms with Gasteiger partial charge in [-0.3, -0.25) is 4.90 Å². The summed E-state index contributed by atoms with van der Waals surface area (Å²) in [5.41, 5.74) is 10.9. The van der Waals surface area contributed by atoms with Crippen molar-refractivity contribution in [1.82, 2.24) is 34.5 Å². The predicted octanol–water partition coefficient (Wildman–Crippen LogP) is 3.94. The predicted molar refractivity (Wildman–Crippen MR) is 159 cm³/mol. The van der Waals surface area contributed by atoms with E-state index in [4.69, 9.17) is 30.0 Å². The molecule has 2 N–H and O–H groups in total. The van der Waals surface area contributed by atoms with Crippen LogP contribution in [-0.4, -0.2) is 87.0 Å². The normalized spacial score (nSPS) is 16.9. The Bertz CT molecular complexity index is 1720. The second-order valence-corrected chi connectivity index (χ2v) is 10.9. The number of piperidine rings is 1. The van der Waals surface area contributed by atoms with Gasteiger partial charge in [-0.2, -0.15) is 10.1 Å². The molecule has 2 aliphatic rings. The van der Waals surface area contributed by atoms with Gasteiger partial charge >= 0.3 is 6.09 Å². The highest BCUT2D eigenvalue weighted by Crippen LogP contribution is 2.37. The summed E-state index contributed by atoms with van der Waals surface area (Å²) >= 11 is 0. The van der Waals surface area contributed by atoms with Crippen LogP contribution < -0.4 is 10.6 Å². The molecule has 12 heteroatoms. The lowest BCUT2D eigenvalue weighted by molar-refractivity contribution is 0.106. The molecule has 2 saturated heterocycles. The van der Waals surface area contributed by atoms with E-state index in [2.05, 4.69) is 45.1 Å². The molecule has 1 amide bonds. The largest absolute Gasteiger partial charge is 0.453 e. The van der Waals surface area contributed by atoms with Crippen molar-refractivity contribution >= 4 is 40.1 Å². The highest BCUT2D eigenvalue weighted by Gasteiger charge is 2.30. The van der Waals surface area contributed by atoms with E-state index >= 15 is 0 Å². The molecule has 2 aliphatic heterocycles. The first-order valence-electron chi connectivity index (χ1n) is 14.3. The van der Waals surface area contributed by atoms with Gasteiger partial charge in [-0.15, -0.1) is 0 Å². The van der Waals surface area contributed by atoms with Crippen LogP contribution in [0.25, 0.3) is 33.4 Å². The molecule has 5 aromatic rings. The number of amides is 1. The lowest BCUT2D eigenvalue weighted by Gasteiger charge is -2.35. The van der Waals surface area contributed by atoms with Crippen LogP contribution in [0.5, 0.6) is 0 Å². The van der Waals surface area contributed by atoms with Crippen LogP contribution in [0, 0.1) is 0 Å². The number of nitrogens with zero attached hydrogens (tertiary/aromatic N) is 8. The van der Waals surface area contributed by atoms with Gasteiger partial charge in [0.1, 0.15) is 23.4 Å². The number of hydrogen-bond acceptors (Lipinski definition) is 10. The van der Waals surface area contributed by atoms with Crippen molar-refractivity contribution in [3.8, 4) is 11.3 Å². The number of fused-ring (bicyclic) bond motifs is 2. The number of ether oxygens (including phenoxy) is 1. The number of aromatic nitrogens is 5. The summed E-state index contributed by atoms with van der Waals surface area (Å²) in [5.74, 6) is 0.882. The van der Waals surface area contributed by atoms with Gasteiger partial charge in [0, 0.05) is 51.4 Å². The zero-order chi connectivity index (χ0) is 28.6. The van der Waals surface area contributed by atoms with Crippen molar-refractivity contribution < 1.29 is 13.9 Å². The molecule has 5 heterocycles. The van der Waals surface area contributed by atoms with E-state index in [9.17, 15) is 4.79 Å². The highest BCUT2D eigenvalue weighted by atomic mass is 16.5. The monoisotopic (exact) mass is 567 g/mol. The molecule has 0 radical (unpaired) electrons. The Labute approximate surface area is 242 Å². The van der Waals surface area contributed by atoms with Crippen LogP contribution >= 0.6 is 0 Å². The van der Waals surface area contributed by atoms with Gasteiger partial charge in [0.15, 0.2) is 11.2 Å². The highest BCUT2D eigenvalue weighted by molar-refractivity contribution is 6.00. The molecule has 12 nitrogen and oxygen atoms in total. The number of rotatable bonds is 5. The second kappa shape index (κ2) is 10.9. The fourth-order valence-electron chi connectivity index (χ4n) is 6.13. The van der Waals surface area contributed by atoms with Gasteiger partial charge in [0.25, 0.3) is 6.01 Å². The van der Waals surface area contributed by atoms with E-state index in [1.807, 2.05) is 22.9 Å². The maximum atomic E-state index is 12.1. The molecular weight excluding hydrogens is 534 g/mol. The molecule has 0 unspecified atom stereocenters. The lowest BCUT2D eigenvalue weighted by atomic mass is 10.1. The Morgan fingerprint density at radius 1 is 1.02 bits per heavy atom. The minimum Gasteiger partial charge on any atom is -0.453 e. The van der Waals surface area contributed by atoms with E-state index < -0.39 is 0 Å². The minimum atomic E-state index is -0.296. The summed E-state index contributed by atoms with van der Waals surface area (Å²) in [6.45, 7) is 5.68. The number of piperazine rings is 1. The molecule has 42 heavy (non-hydrogen) atoms. The van der Waals surface area contributed by atoms with Crippen LogP contribution in [0.2, 0.25) is 0 Å². The van der Waals surface area contributed by atoms with Crippen molar-refractivity contribution in [2.24, 2.45) is 0 Å². The SMILES string of the molecule is COC(=O)N1CCC(n2nc(-c3ccc4oc(N)nc4c3)c3c(N4CCN(Cc5ccccc5)CC4)ncnc32)CC1. The third-order valence-electron chi connectivity index (χ3n) is 8.31. The first kappa shape index (κ1) is 26.2. The Kier molecular flexibility index (Phi) is 6.82. The summed E-state index contributed by atoms with van der Waals surface area (Å²) in [7, 11) is 1.42. The standard InChI is InChI=1S/C30H33N9O3/c1-41-30(40)38-11-9-22(10-12-38)39-28-25(26(35-39)21-7-8-24-23(17-21)34-29(31)42-24)27(32-19-33-28)37-15-13-36(14-16-37)18-20-5-3-2-4-6-20/h2-8,17,19,22H,9-16,18H2,1H3,(H2,31,34). The number of hydrogen-bond donors (Lipinski definition) is 1. The molecule has 0 spiro atoms. The van der Waals surface area contributed by atoms with E-state index in [1.165, 1.54) is 12.7 Å². The fourth-order valence-corrected chi connectivity index (χ4v) is 6.13. The average Bonchev–Trinajstić information content (AvgIpc) is 3.61. The van der Waals surface area contributed by atoms with Gasteiger partial charge in [-0.25, -0.2) is 19.4 Å². The summed E-state index contributed by atoms with van der Waals surface area (Å²) in [6, 6.07) is 16.6. The van der Waals surface area contributed by atoms with Crippen molar-refractivity contribution in [1.29, 1.82) is 0 Å². The molecule has 0 bridgehead atoms. The maximum absolute atomic E-state index is 12.1. The number of likely N-dealkylation sites (tertiary alicyclic amines) is 1. The van der Waals surface area contributed by atoms with Crippen molar-refractivity contribution in [3.05, 3.63) is 60.4 Å². The molecule has 2 fully saturated rings. The smallest absolute Gasteiger partial charge is 0.409 e. The fraction of sp³-hybridized carbons (Fsp3) is 0.367. The average molecular weight is 568 g/mol. The Morgan fingerprint density at radius 3 is 2.57 bits per heavy atom. The van der Waals surface area contributed by atoms with E-state index in [0.29, 0.717) is 24.2 Å². The number of carbonyl (C=O) groups excluding carboxylic acids is 1. The Balaban J connectivity index is 1.24. The maximum Gasteiger partial charge on any atom is 0.409 e. The van der Waals surface area contributed by atoms with E-state index in [1.54, 1.807) is 11.2 Å². The molecular formula is C30H33N9O3. The summed E-state index contributed by atoms with van der Waals surface area (Å²) in [6.07, 6.45) is 2.85. The topological polar surface area (TPSA) is 132 Å². The molecule has 0 aliphatic carbocycles. The third-order valence-corrected chi connectivity index (χ3v) is 8.31. The lowest BCUT2D eigenvalue weighted by Crippen LogP contribution is -2.46. The zero-order valence-electron chi connectivity index (χ0n) is 23.5. The van der Waals surface area contributed by atoms with Gasteiger partial charge in [0.05, 0.1) is 18.5 Å². The Hall–Kier alpha value is -4.71. The van der Waals surface area contributed by atoms with Gasteiger partial charge in [-0.1, -0.05) is 30.3 Å². The number of carbonyl (C=O) groups is 1. The number of anilines is 2. The van der Waals surface area contributed by atoms with Gasteiger partial charge in [-0.05, 0) is 36.6 Å². The molecule has 7 rings (SSSR count). The molecule has 216 valence electrons. The number of oxazole rings is 1. The molecule has 0 atom stereocenters. The zero-order valence-corrected chi connectivity index (χ0v) is 23.5. The van der Waals surface area contributed by atoms with E-state index in [-0.39, 0.29) is 18.1 Å². The molecule has 3 aromatic heterocycles. The summed E-state index contributed by atoms with van der Waals surface area (Å²) in [4.78, 5) is 32.6. The quantitative estimate of drug-likeness (QED) is 0.333. The summed E-state index contributed by atoms with van der Waals surface area (Å²) < 4.78 is 12.5. The number of methoxy groups -OCH3 is 1. The van der Waals surface area contributed by atoms with Crippen LogP contribution in [0.3, 0.4) is 0 Å². The molecule has 0 saturated carbocycles. The van der Waals surface area contributed by atoms with Crippen LogP contribution in [0.1, 0.15) is 24.4 Å². The van der Waals surface area contributed by atoms with Crippen LogP contribution in [0.15, 0.2) is 59.3 Å². The van der Waals surface area contributed by atoms with Crippen LogP contribution in [0.4, 0.5) is 16.6 Å². The number of nitrogen functional groups attached to an aromatic ring is 1. The van der Waals surface area contributed by atoms with Crippen molar-refractivity contribution in [3.63, 3.8) is 0 Å². The third kappa shape index (κ3) is 4.87. The van der Waals surface area contributed by atoms with Crippen molar-refractivity contribution in [2.75, 3.05) is 57.0 Å². The summed E-state index contributed by atoms with van der Waals surface area (Å²) in [5, 5.41) is 6.08. The van der Waals surface area contributed by atoms with Gasteiger partial charge in [0.2, 0.25) is 0 Å². The first-order chi connectivity index (χ1) is 20.6.